The molecule has 98 valence electrons. The molecular formula is C16H23NO. The number of hydrogen-bond donors (Lipinski definition) is 1. The predicted octanol–water partition coefficient (Wildman–Crippen LogP) is 3.26. The molecule has 2 unspecified atom stereocenters. The normalized spacial score (nSPS) is 31.6. The van der Waals surface area contributed by atoms with Crippen molar-refractivity contribution >= 4 is 0 Å². The second-order valence-corrected chi connectivity index (χ2v) is 6.13. The van der Waals surface area contributed by atoms with E-state index in [1.807, 2.05) is 0 Å². The van der Waals surface area contributed by atoms with Crippen LogP contribution in [0.25, 0.3) is 0 Å². The van der Waals surface area contributed by atoms with Crippen LogP contribution in [0.2, 0.25) is 0 Å². The van der Waals surface area contributed by atoms with Crippen molar-refractivity contribution in [2.45, 2.75) is 56.6 Å². The molecule has 3 rings (SSSR count). The number of rotatable bonds is 4. The van der Waals surface area contributed by atoms with Crippen LogP contribution in [0.3, 0.4) is 0 Å². The molecule has 2 aliphatic carbocycles. The maximum atomic E-state index is 5.91. The van der Waals surface area contributed by atoms with E-state index in [4.69, 9.17) is 4.74 Å². The van der Waals surface area contributed by atoms with Gasteiger partial charge in [0, 0.05) is 6.04 Å². The van der Waals surface area contributed by atoms with E-state index < -0.39 is 0 Å². The van der Waals surface area contributed by atoms with Gasteiger partial charge in [-0.05, 0) is 62.3 Å². The van der Waals surface area contributed by atoms with Gasteiger partial charge in [0.15, 0.2) is 0 Å². The van der Waals surface area contributed by atoms with Crippen LogP contribution in [0.1, 0.15) is 44.6 Å². The molecule has 0 aliphatic heterocycles. The molecule has 0 spiro atoms. The first-order valence-corrected chi connectivity index (χ1v) is 7.14. The first-order valence-electron chi connectivity index (χ1n) is 7.14. The standard InChI is InChI=1S/C16H23NO/c1-16(9-8-13(11-16)17-2)12-4-3-5-15(10-12)18-14-6-7-14/h3-5,10,13-14,17H,6-9,11H2,1-2H3. The molecule has 0 amide bonds. The maximum absolute atomic E-state index is 5.91. The summed E-state index contributed by atoms with van der Waals surface area (Å²) in [6, 6.07) is 9.43. The van der Waals surface area contributed by atoms with Crippen molar-refractivity contribution in [1.82, 2.24) is 5.32 Å². The third-order valence-electron chi connectivity index (χ3n) is 4.51. The zero-order valence-electron chi connectivity index (χ0n) is 11.4. The van der Waals surface area contributed by atoms with E-state index in [0.717, 1.165) is 5.75 Å². The molecule has 18 heavy (non-hydrogen) atoms. The van der Waals surface area contributed by atoms with Crippen molar-refractivity contribution in [3.8, 4) is 5.75 Å². The van der Waals surface area contributed by atoms with E-state index in [1.54, 1.807) is 0 Å². The Labute approximate surface area is 110 Å². The van der Waals surface area contributed by atoms with Gasteiger partial charge in [-0.25, -0.2) is 0 Å². The minimum Gasteiger partial charge on any atom is -0.490 e. The number of benzene rings is 1. The van der Waals surface area contributed by atoms with Crippen LogP contribution < -0.4 is 10.1 Å². The lowest BCUT2D eigenvalue weighted by Crippen LogP contribution is -2.25. The summed E-state index contributed by atoms with van der Waals surface area (Å²) in [6.07, 6.45) is 6.72. The summed E-state index contributed by atoms with van der Waals surface area (Å²) in [5.74, 6) is 1.06. The fourth-order valence-corrected chi connectivity index (χ4v) is 3.07. The van der Waals surface area contributed by atoms with Gasteiger partial charge < -0.3 is 10.1 Å². The molecule has 0 bridgehead atoms. The number of nitrogens with one attached hydrogen (secondary N) is 1. The van der Waals surface area contributed by atoms with Gasteiger partial charge >= 0.3 is 0 Å². The SMILES string of the molecule is CNC1CCC(C)(c2cccc(OC3CC3)c2)C1. The van der Waals surface area contributed by atoms with Crippen molar-refractivity contribution in [3.63, 3.8) is 0 Å². The average Bonchev–Trinajstić information content (AvgIpc) is 3.10. The molecule has 0 radical (unpaired) electrons. The fourth-order valence-electron chi connectivity index (χ4n) is 3.07. The quantitative estimate of drug-likeness (QED) is 0.879. The van der Waals surface area contributed by atoms with Crippen molar-refractivity contribution in [2.24, 2.45) is 0 Å². The van der Waals surface area contributed by atoms with Gasteiger partial charge in [-0.15, -0.1) is 0 Å². The van der Waals surface area contributed by atoms with E-state index in [-0.39, 0.29) is 0 Å². The van der Waals surface area contributed by atoms with Crippen LogP contribution in [0.5, 0.6) is 5.75 Å². The first kappa shape index (κ1) is 12.0. The first-order chi connectivity index (χ1) is 8.69. The largest absolute Gasteiger partial charge is 0.490 e. The highest BCUT2D eigenvalue weighted by Gasteiger charge is 2.36. The fraction of sp³-hybridized carbons (Fsp3) is 0.625. The van der Waals surface area contributed by atoms with Gasteiger partial charge in [0.25, 0.3) is 0 Å². The van der Waals surface area contributed by atoms with Crippen LogP contribution in [0.15, 0.2) is 24.3 Å². The molecule has 2 saturated carbocycles. The van der Waals surface area contributed by atoms with Gasteiger partial charge in [0.1, 0.15) is 5.75 Å². The minimum absolute atomic E-state index is 0.316. The highest BCUT2D eigenvalue weighted by atomic mass is 16.5. The summed E-state index contributed by atoms with van der Waals surface area (Å²) in [5, 5.41) is 3.41. The molecule has 0 heterocycles. The van der Waals surface area contributed by atoms with Gasteiger partial charge in [0.2, 0.25) is 0 Å². The van der Waals surface area contributed by atoms with Gasteiger partial charge in [-0.1, -0.05) is 19.1 Å². The monoisotopic (exact) mass is 245 g/mol. The Balaban J connectivity index is 1.78. The smallest absolute Gasteiger partial charge is 0.120 e. The summed E-state index contributed by atoms with van der Waals surface area (Å²) in [5.41, 5.74) is 1.76. The molecule has 0 saturated heterocycles. The zero-order chi connectivity index (χ0) is 12.6. The molecule has 1 N–H and O–H groups in total. The predicted molar refractivity (Wildman–Crippen MR) is 74.1 cm³/mol. The van der Waals surface area contributed by atoms with E-state index in [1.165, 1.54) is 37.7 Å². The Morgan fingerprint density at radius 3 is 2.78 bits per heavy atom. The zero-order valence-corrected chi connectivity index (χ0v) is 11.4. The van der Waals surface area contributed by atoms with E-state index in [2.05, 4.69) is 43.6 Å². The van der Waals surface area contributed by atoms with Crippen molar-refractivity contribution < 1.29 is 4.74 Å². The topological polar surface area (TPSA) is 21.3 Å². The molecule has 2 atom stereocenters. The highest BCUT2D eigenvalue weighted by molar-refractivity contribution is 5.35. The van der Waals surface area contributed by atoms with Gasteiger partial charge in [-0.2, -0.15) is 0 Å². The van der Waals surface area contributed by atoms with Crippen LogP contribution in [0.4, 0.5) is 0 Å². The summed E-state index contributed by atoms with van der Waals surface area (Å²) >= 11 is 0. The lowest BCUT2D eigenvalue weighted by atomic mass is 9.81. The number of ether oxygens (including phenoxy) is 1. The van der Waals surface area contributed by atoms with Crippen molar-refractivity contribution in [2.75, 3.05) is 7.05 Å². The molecule has 2 heteroatoms. The minimum atomic E-state index is 0.316. The summed E-state index contributed by atoms with van der Waals surface area (Å²) in [7, 11) is 2.07. The Kier molecular flexibility index (Phi) is 3.06. The third kappa shape index (κ3) is 2.39. The molecule has 0 aromatic heterocycles. The van der Waals surface area contributed by atoms with Crippen LogP contribution >= 0.6 is 0 Å². The lowest BCUT2D eigenvalue weighted by Gasteiger charge is -2.25. The molecule has 2 nitrogen and oxygen atoms in total. The Morgan fingerprint density at radius 1 is 1.28 bits per heavy atom. The second kappa shape index (κ2) is 4.58. The van der Waals surface area contributed by atoms with Crippen LogP contribution in [0, 0.1) is 0 Å². The highest BCUT2D eigenvalue weighted by Crippen LogP contribution is 2.42. The molecule has 2 fully saturated rings. The maximum Gasteiger partial charge on any atom is 0.120 e. The van der Waals surface area contributed by atoms with Crippen molar-refractivity contribution in [1.29, 1.82) is 0 Å². The molecule has 1 aromatic rings. The van der Waals surface area contributed by atoms with Gasteiger partial charge in [-0.3, -0.25) is 0 Å². The Bertz CT molecular complexity index is 427. The van der Waals surface area contributed by atoms with Crippen molar-refractivity contribution in [3.05, 3.63) is 29.8 Å². The van der Waals surface area contributed by atoms with E-state index in [9.17, 15) is 0 Å². The number of hydrogen-bond acceptors (Lipinski definition) is 2. The summed E-state index contributed by atoms with van der Waals surface area (Å²) in [4.78, 5) is 0. The third-order valence-corrected chi connectivity index (χ3v) is 4.51. The lowest BCUT2D eigenvalue weighted by molar-refractivity contribution is 0.302. The van der Waals surface area contributed by atoms with E-state index in [0.29, 0.717) is 17.6 Å². The van der Waals surface area contributed by atoms with Gasteiger partial charge in [0.05, 0.1) is 6.10 Å². The molecule has 2 aliphatic rings. The van der Waals surface area contributed by atoms with Crippen LogP contribution in [-0.2, 0) is 5.41 Å². The second-order valence-electron chi connectivity index (χ2n) is 6.13. The Hall–Kier alpha value is -1.02. The Morgan fingerprint density at radius 2 is 2.11 bits per heavy atom. The van der Waals surface area contributed by atoms with Crippen LogP contribution in [-0.4, -0.2) is 19.2 Å². The molecule has 1 aromatic carbocycles. The summed E-state index contributed by atoms with van der Waals surface area (Å²) < 4.78 is 5.91. The summed E-state index contributed by atoms with van der Waals surface area (Å²) in [6.45, 7) is 2.39. The average molecular weight is 245 g/mol. The molecular weight excluding hydrogens is 222 g/mol. The van der Waals surface area contributed by atoms with E-state index >= 15 is 0 Å².